The van der Waals surface area contributed by atoms with Gasteiger partial charge in [0.05, 0.1) is 16.7 Å². The van der Waals surface area contributed by atoms with Crippen LogP contribution in [-0.4, -0.2) is 41.8 Å². The van der Waals surface area contributed by atoms with E-state index in [2.05, 4.69) is 10.0 Å². The SMILES string of the molecule is COCC1(CNS(=O)(=O)c2c(Cl)cc(F)cc2Cl)CCNCC1. The molecule has 0 amide bonds. The van der Waals surface area contributed by atoms with Gasteiger partial charge in [0.1, 0.15) is 10.7 Å². The van der Waals surface area contributed by atoms with Crippen LogP contribution in [0.2, 0.25) is 10.0 Å². The molecular formula is C14H19Cl2FN2O3S. The van der Waals surface area contributed by atoms with Crippen molar-refractivity contribution >= 4 is 33.2 Å². The first-order chi connectivity index (χ1) is 10.8. The molecule has 0 radical (unpaired) electrons. The first kappa shape index (κ1) is 18.9. The molecule has 0 spiro atoms. The fourth-order valence-electron chi connectivity index (χ4n) is 2.74. The third kappa shape index (κ3) is 4.55. The van der Waals surface area contributed by atoms with Crippen LogP contribution in [0.3, 0.4) is 0 Å². The maximum Gasteiger partial charge on any atom is 0.243 e. The van der Waals surface area contributed by atoms with Gasteiger partial charge in [-0.25, -0.2) is 17.5 Å². The lowest BCUT2D eigenvalue weighted by Gasteiger charge is -2.37. The number of halogens is 3. The Balaban J connectivity index is 2.21. The maximum atomic E-state index is 13.2. The molecule has 0 aromatic heterocycles. The number of nitrogens with one attached hydrogen (secondary N) is 2. The van der Waals surface area contributed by atoms with Gasteiger partial charge in [-0.1, -0.05) is 23.2 Å². The molecule has 5 nitrogen and oxygen atoms in total. The van der Waals surface area contributed by atoms with E-state index in [0.717, 1.165) is 38.1 Å². The lowest BCUT2D eigenvalue weighted by atomic mass is 9.80. The summed E-state index contributed by atoms with van der Waals surface area (Å²) in [6.45, 7) is 2.24. The van der Waals surface area contributed by atoms with Crippen LogP contribution in [0.5, 0.6) is 0 Å². The normalized spacial score (nSPS) is 18.1. The molecule has 1 aliphatic heterocycles. The summed E-state index contributed by atoms with van der Waals surface area (Å²) in [7, 11) is -2.36. The number of ether oxygens (including phenoxy) is 1. The van der Waals surface area contributed by atoms with E-state index >= 15 is 0 Å². The van der Waals surface area contributed by atoms with Gasteiger partial charge in [0.2, 0.25) is 10.0 Å². The fraction of sp³-hybridized carbons (Fsp3) is 0.571. The maximum absolute atomic E-state index is 13.2. The minimum atomic E-state index is -3.95. The van der Waals surface area contributed by atoms with Gasteiger partial charge in [-0.15, -0.1) is 0 Å². The van der Waals surface area contributed by atoms with Gasteiger partial charge in [-0.3, -0.25) is 0 Å². The van der Waals surface area contributed by atoms with Gasteiger partial charge < -0.3 is 10.1 Å². The van der Waals surface area contributed by atoms with Crippen LogP contribution in [0.4, 0.5) is 4.39 Å². The summed E-state index contributed by atoms with van der Waals surface area (Å²) in [5.74, 6) is -0.687. The molecule has 1 fully saturated rings. The number of hydrogen-bond donors (Lipinski definition) is 2. The van der Waals surface area contributed by atoms with Crippen LogP contribution in [-0.2, 0) is 14.8 Å². The Morgan fingerprint density at radius 1 is 1.30 bits per heavy atom. The van der Waals surface area contributed by atoms with E-state index in [0.29, 0.717) is 6.61 Å². The Morgan fingerprint density at radius 2 is 1.87 bits per heavy atom. The molecule has 0 aliphatic carbocycles. The number of sulfonamides is 1. The average Bonchev–Trinajstić information content (AvgIpc) is 2.45. The predicted molar refractivity (Wildman–Crippen MR) is 88.0 cm³/mol. The van der Waals surface area contributed by atoms with Gasteiger partial charge in [0.15, 0.2) is 0 Å². The number of hydrogen-bond acceptors (Lipinski definition) is 4. The number of rotatable bonds is 6. The Kier molecular flexibility index (Phi) is 6.27. The lowest BCUT2D eigenvalue weighted by molar-refractivity contribution is 0.0577. The van der Waals surface area contributed by atoms with Crippen molar-refractivity contribution in [3.63, 3.8) is 0 Å². The van der Waals surface area contributed by atoms with Crippen molar-refractivity contribution in [2.24, 2.45) is 5.41 Å². The average molecular weight is 385 g/mol. The highest BCUT2D eigenvalue weighted by atomic mass is 35.5. The molecule has 0 atom stereocenters. The lowest BCUT2D eigenvalue weighted by Crippen LogP contribution is -2.47. The highest BCUT2D eigenvalue weighted by Crippen LogP contribution is 2.32. The highest BCUT2D eigenvalue weighted by molar-refractivity contribution is 7.89. The molecule has 0 bridgehead atoms. The Bertz CT molecular complexity index is 635. The number of benzene rings is 1. The van der Waals surface area contributed by atoms with Crippen LogP contribution in [0, 0.1) is 11.2 Å². The second kappa shape index (κ2) is 7.63. The summed E-state index contributed by atoms with van der Waals surface area (Å²) in [4.78, 5) is -0.302. The summed E-state index contributed by atoms with van der Waals surface area (Å²) in [6.07, 6.45) is 1.57. The van der Waals surface area contributed by atoms with Crippen LogP contribution in [0.25, 0.3) is 0 Å². The summed E-state index contributed by atoms with van der Waals surface area (Å²) in [6, 6.07) is 1.86. The van der Waals surface area contributed by atoms with Crippen molar-refractivity contribution in [3.05, 3.63) is 28.0 Å². The van der Waals surface area contributed by atoms with E-state index in [1.54, 1.807) is 7.11 Å². The standard InChI is InChI=1S/C14H19Cl2FN2O3S/c1-22-9-14(2-4-18-5-3-14)8-19-23(20,21)13-11(15)6-10(17)7-12(13)16/h6-7,18-19H,2-5,8-9H2,1H3. The third-order valence-electron chi connectivity index (χ3n) is 3.98. The van der Waals surface area contributed by atoms with Crippen molar-refractivity contribution in [2.45, 2.75) is 17.7 Å². The van der Waals surface area contributed by atoms with Gasteiger partial charge in [-0.2, -0.15) is 0 Å². The molecular weight excluding hydrogens is 366 g/mol. The van der Waals surface area contributed by atoms with Crippen LogP contribution in [0.1, 0.15) is 12.8 Å². The first-order valence-electron chi connectivity index (χ1n) is 7.14. The van der Waals surface area contributed by atoms with Crippen molar-refractivity contribution in [1.82, 2.24) is 10.0 Å². The molecule has 0 unspecified atom stereocenters. The second-order valence-electron chi connectivity index (χ2n) is 5.71. The minimum absolute atomic E-state index is 0.203. The quantitative estimate of drug-likeness (QED) is 0.790. The summed E-state index contributed by atoms with van der Waals surface area (Å²) >= 11 is 11.7. The van der Waals surface area contributed by atoms with Gasteiger partial charge in [-0.05, 0) is 38.1 Å². The zero-order valence-electron chi connectivity index (χ0n) is 12.7. The van der Waals surface area contributed by atoms with Gasteiger partial charge >= 0.3 is 0 Å². The van der Waals surface area contributed by atoms with E-state index in [9.17, 15) is 12.8 Å². The van der Waals surface area contributed by atoms with Gasteiger partial charge in [0.25, 0.3) is 0 Å². The molecule has 1 heterocycles. The van der Waals surface area contributed by atoms with E-state index in [-0.39, 0.29) is 26.9 Å². The van der Waals surface area contributed by atoms with E-state index in [1.165, 1.54) is 0 Å². The van der Waals surface area contributed by atoms with Crippen molar-refractivity contribution < 1.29 is 17.5 Å². The van der Waals surface area contributed by atoms with Crippen molar-refractivity contribution in [1.29, 1.82) is 0 Å². The van der Waals surface area contributed by atoms with Crippen LogP contribution >= 0.6 is 23.2 Å². The minimum Gasteiger partial charge on any atom is -0.384 e. The molecule has 2 rings (SSSR count). The summed E-state index contributed by atoms with van der Waals surface area (Å²) < 4.78 is 46.1. The summed E-state index contributed by atoms with van der Waals surface area (Å²) in [5, 5.41) is 2.75. The van der Waals surface area contributed by atoms with E-state index in [4.69, 9.17) is 27.9 Å². The van der Waals surface area contributed by atoms with Crippen molar-refractivity contribution in [2.75, 3.05) is 33.4 Å². The van der Waals surface area contributed by atoms with Gasteiger partial charge in [0, 0.05) is 19.1 Å². The molecule has 2 N–H and O–H groups in total. The Morgan fingerprint density at radius 3 is 2.39 bits per heavy atom. The largest absolute Gasteiger partial charge is 0.384 e. The van der Waals surface area contributed by atoms with Crippen molar-refractivity contribution in [3.8, 4) is 0 Å². The van der Waals surface area contributed by atoms with Crippen LogP contribution < -0.4 is 10.0 Å². The third-order valence-corrected chi connectivity index (χ3v) is 6.31. The first-order valence-corrected chi connectivity index (χ1v) is 9.37. The topological polar surface area (TPSA) is 67.4 Å². The Labute approximate surface area is 145 Å². The molecule has 23 heavy (non-hydrogen) atoms. The molecule has 1 aromatic rings. The monoisotopic (exact) mass is 384 g/mol. The molecule has 0 saturated carbocycles. The molecule has 130 valence electrons. The zero-order chi connectivity index (χ0) is 17.1. The summed E-state index contributed by atoms with van der Waals surface area (Å²) in [5.41, 5.74) is -0.286. The Hall–Kier alpha value is -0.440. The zero-order valence-corrected chi connectivity index (χ0v) is 15.0. The number of piperidine rings is 1. The highest BCUT2D eigenvalue weighted by Gasteiger charge is 2.34. The van der Waals surface area contributed by atoms with E-state index < -0.39 is 15.8 Å². The smallest absolute Gasteiger partial charge is 0.243 e. The fourth-order valence-corrected chi connectivity index (χ4v) is 5.08. The molecule has 9 heteroatoms. The molecule has 1 aliphatic rings. The van der Waals surface area contributed by atoms with Crippen LogP contribution in [0.15, 0.2) is 17.0 Å². The second-order valence-corrected chi connectivity index (χ2v) is 8.22. The van der Waals surface area contributed by atoms with E-state index in [1.807, 2.05) is 0 Å². The predicted octanol–water partition coefficient (Wildman–Crippen LogP) is 2.43. The number of methoxy groups -OCH3 is 1. The molecule has 1 aromatic carbocycles. The molecule has 1 saturated heterocycles.